The molecule has 0 unspecified atom stereocenters. The maximum absolute atomic E-state index is 12.2. The summed E-state index contributed by atoms with van der Waals surface area (Å²) in [5, 5.41) is 12.4. The minimum Gasteiger partial charge on any atom is -0.394 e. The van der Waals surface area contributed by atoms with Crippen molar-refractivity contribution in [2.75, 3.05) is 6.61 Å². The summed E-state index contributed by atoms with van der Waals surface area (Å²) in [4.78, 5) is 12.2. The van der Waals surface area contributed by atoms with E-state index in [9.17, 15) is 9.90 Å². The lowest BCUT2D eigenvalue weighted by Crippen LogP contribution is -2.50. The highest BCUT2D eigenvalue weighted by atomic mass is 79.9. The molecule has 0 aromatic heterocycles. The SMILES string of the molecule is CCC(CC)(CO)NC(=O)c1cc(Br)ccc1Br. The van der Waals surface area contributed by atoms with Crippen LogP contribution in [0.2, 0.25) is 0 Å². The first kappa shape index (κ1) is 15.7. The van der Waals surface area contributed by atoms with Crippen LogP contribution in [0.1, 0.15) is 37.0 Å². The summed E-state index contributed by atoms with van der Waals surface area (Å²) in [6.45, 7) is 3.85. The van der Waals surface area contributed by atoms with E-state index in [1.54, 1.807) is 6.07 Å². The van der Waals surface area contributed by atoms with Gasteiger partial charge in [-0.2, -0.15) is 0 Å². The van der Waals surface area contributed by atoms with Crippen LogP contribution in [0.4, 0.5) is 0 Å². The molecule has 0 aliphatic carbocycles. The number of carbonyl (C=O) groups is 1. The monoisotopic (exact) mass is 377 g/mol. The molecule has 0 radical (unpaired) electrons. The van der Waals surface area contributed by atoms with Gasteiger partial charge in [-0.05, 0) is 47.0 Å². The van der Waals surface area contributed by atoms with E-state index in [-0.39, 0.29) is 12.5 Å². The molecule has 0 saturated heterocycles. The van der Waals surface area contributed by atoms with Crippen molar-refractivity contribution in [2.45, 2.75) is 32.2 Å². The summed E-state index contributed by atoms with van der Waals surface area (Å²) in [5.74, 6) is -0.180. The van der Waals surface area contributed by atoms with Crippen molar-refractivity contribution < 1.29 is 9.90 Å². The standard InChI is InChI=1S/C13H17Br2NO2/c1-3-13(4-2,8-17)16-12(18)10-7-9(14)5-6-11(10)15/h5-7,17H,3-4,8H2,1-2H3,(H,16,18). The highest BCUT2D eigenvalue weighted by Gasteiger charge is 2.28. The molecule has 2 N–H and O–H groups in total. The molecule has 18 heavy (non-hydrogen) atoms. The molecule has 5 heteroatoms. The zero-order chi connectivity index (χ0) is 13.8. The maximum Gasteiger partial charge on any atom is 0.252 e. The Morgan fingerprint density at radius 1 is 1.33 bits per heavy atom. The molecule has 100 valence electrons. The van der Waals surface area contributed by atoms with Crippen LogP contribution in [0, 0.1) is 0 Å². The van der Waals surface area contributed by atoms with Crippen LogP contribution in [0.15, 0.2) is 27.1 Å². The summed E-state index contributed by atoms with van der Waals surface area (Å²) in [6, 6.07) is 5.43. The first-order chi connectivity index (χ1) is 8.48. The zero-order valence-electron chi connectivity index (χ0n) is 10.5. The fourth-order valence-electron chi connectivity index (χ4n) is 1.67. The van der Waals surface area contributed by atoms with Crippen molar-refractivity contribution in [1.29, 1.82) is 0 Å². The van der Waals surface area contributed by atoms with Crippen LogP contribution in [0.25, 0.3) is 0 Å². The van der Waals surface area contributed by atoms with Crippen LogP contribution in [0.5, 0.6) is 0 Å². The first-order valence-electron chi connectivity index (χ1n) is 5.86. The van der Waals surface area contributed by atoms with Crippen molar-refractivity contribution >= 4 is 37.8 Å². The fraction of sp³-hybridized carbons (Fsp3) is 0.462. The van der Waals surface area contributed by atoms with E-state index in [2.05, 4.69) is 37.2 Å². The van der Waals surface area contributed by atoms with Crippen molar-refractivity contribution in [1.82, 2.24) is 5.32 Å². The number of aliphatic hydroxyl groups excluding tert-OH is 1. The quantitative estimate of drug-likeness (QED) is 0.823. The number of aliphatic hydroxyl groups is 1. The molecule has 1 rings (SSSR count). The van der Waals surface area contributed by atoms with E-state index in [1.807, 2.05) is 26.0 Å². The summed E-state index contributed by atoms with van der Waals surface area (Å²) >= 11 is 6.71. The third-order valence-electron chi connectivity index (χ3n) is 3.21. The van der Waals surface area contributed by atoms with Gasteiger partial charge in [-0.3, -0.25) is 4.79 Å². The van der Waals surface area contributed by atoms with Gasteiger partial charge in [0.1, 0.15) is 0 Å². The molecule has 0 fully saturated rings. The van der Waals surface area contributed by atoms with Crippen molar-refractivity contribution in [3.05, 3.63) is 32.7 Å². The maximum atomic E-state index is 12.2. The van der Waals surface area contributed by atoms with Gasteiger partial charge >= 0.3 is 0 Å². The third-order valence-corrected chi connectivity index (χ3v) is 4.39. The normalized spacial score (nSPS) is 11.4. The number of benzene rings is 1. The Morgan fingerprint density at radius 3 is 2.44 bits per heavy atom. The average molecular weight is 379 g/mol. The van der Waals surface area contributed by atoms with Crippen molar-refractivity contribution in [3.8, 4) is 0 Å². The highest BCUT2D eigenvalue weighted by Crippen LogP contribution is 2.23. The van der Waals surface area contributed by atoms with Gasteiger partial charge in [-0.25, -0.2) is 0 Å². The van der Waals surface area contributed by atoms with E-state index in [0.717, 1.165) is 8.95 Å². The Bertz CT molecular complexity index is 423. The molecular weight excluding hydrogens is 362 g/mol. The molecule has 1 aromatic rings. The number of amides is 1. The van der Waals surface area contributed by atoms with E-state index in [4.69, 9.17) is 0 Å². The lowest BCUT2D eigenvalue weighted by molar-refractivity contribution is 0.0817. The number of hydrogen-bond donors (Lipinski definition) is 2. The Morgan fingerprint density at radius 2 is 1.94 bits per heavy atom. The number of hydrogen-bond acceptors (Lipinski definition) is 2. The second kappa shape index (κ2) is 6.68. The predicted octanol–water partition coefficient (Wildman–Crippen LogP) is 3.49. The largest absolute Gasteiger partial charge is 0.394 e. The lowest BCUT2D eigenvalue weighted by atomic mass is 9.93. The molecule has 0 heterocycles. The summed E-state index contributed by atoms with van der Waals surface area (Å²) in [6.07, 6.45) is 1.38. The van der Waals surface area contributed by atoms with Gasteiger partial charge in [0.25, 0.3) is 5.91 Å². The van der Waals surface area contributed by atoms with Crippen molar-refractivity contribution in [2.24, 2.45) is 0 Å². The molecular formula is C13H17Br2NO2. The average Bonchev–Trinajstić information content (AvgIpc) is 2.38. The Labute approximate surface area is 124 Å². The molecule has 0 bridgehead atoms. The van der Waals surface area contributed by atoms with E-state index >= 15 is 0 Å². The Kier molecular flexibility index (Phi) is 5.82. The van der Waals surface area contributed by atoms with Crippen LogP contribution in [0.3, 0.4) is 0 Å². The second-order valence-electron chi connectivity index (χ2n) is 4.22. The van der Waals surface area contributed by atoms with Crippen LogP contribution in [-0.4, -0.2) is 23.2 Å². The van der Waals surface area contributed by atoms with Gasteiger partial charge in [0, 0.05) is 8.95 Å². The van der Waals surface area contributed by atoms with E-state index in [0.29, 0.717) is 18.4 Å². The summed E-state index contributed by atoms with van der Waals surface area (Å²) < 4.78 is 1.58. The van der Waals surface area contributed by atoms with Gasteiger partial charge in [0.15, 0.2) is 0 Å². The number of carbonyl (C=O) groups excluding carboxylic acids is 1. The molecule has 0 aliphatic heterocycles. The van der Waals surface area contributed by atoms with E-state index in [1.165, 1.54) is 0 Å². The third kappa shape index (κ3) is 3.56. The Hall–Kier alpha value is -0.390. The fourth-order valence-corrected chi connectivity index (χ4v) is 2.46. The summed E-state index contributed by atoms with van der Waals surface area (Å²) in [7, 11) is 0. The number of halogens is 2. The number of rotatable bonds is 5. The predicted molar refractivity (Wildman–Crippen MR) is 79.7 cm³/mol. The molecule has 0 saturated carbocycles. The second-order valence-corrected chi connectivity index (χ2v) is 5.99. The van der Waals surface area contributed by atoms with Crippen LogP contribution in [-0.2, 0) is 0 Å². The molecule has 1 aromatic carbocycles. The van der Waals surface area contributed by atoms with Crippen LogP contribution >= 0.6 is 31.9 Å². The Balaban J connectivity index is 2.97. The van der Waals surface area contributed by atoms with Crippen LogP contribution < -0.4 is 5.32 Å². The smallest absolute Gasteiger partial charge is 0.252 e. The van der Waals surface area contributed by atoms with Gasteiger partial charge in [0.05, 0.1) is 17.7 Å². The lowest BCUT2D eigenvalue weighted by Gasteiger charge is -2.30. The molecule has 1 amide bonds. The summed E-state index contributed by atoms with van der Waals surface area (Å²) in [5.41, 5.74) is 0.0165. The van der Waals surface area contributed by atoms with Gasteiger partial charge in [-0.1, -0.05) is 29.8 Å². The highest BCUT2D eigenvalue weighted by molar-refractivity contribution is 9.11. The molecule has 3 nitrogen and oxygen atoms in total. The first-order valence-corrected chi connectivity index (χ1v) is 7.45. The molecule has 0 aliphatic rings. The number of nitrogens with one attached hydrogen (secondary N) is 1. The molecule has 0 spiro atoms. The zero-order valence-corrected chi connectivity index (χ0v) is 13.6. The van der Waals surface area contributed by atoms with E-state index < -0.39 is 5.54 Å². The van der Waals surface area contributed by atoms with Gasteiger partial charge in [0.2, 0.25) is 0 Å². The van der Waals surface area contributed by atoms with Crippen molar-refractivity contribution in [3.63, 3.8) is 0 Å². The topological polar surface area (TPSA) is 49.3 Å². The van der Waals surface area contributed by atoms with Gasteiger partial charge in [-0.15, -0.1) is 0 Å². The minimum atomic E-state index is -0.543. The molecule has 0 atom stereocenters. The van der Waals surface area contributed by atoms with Gasteiger partial charge < -0.3 is 10.4 Å². The minimum absolute atomic E-state index is 0.0582.